The van der Waals surface area contributed by atoms with Crippen molar-refractivity contribution in [3.63, 3.8) is 0 Å². The molecule has 1 aromatic carbocycles. The van der Waals surface area contributed by atoms with Crippen LogP contribution in [0.4, 0.5) is 0 Å². The Morgan fingerprint density at radius 1 is 1.22 bits per heavy atom. The number of rotatable bonds is 6. The van der Waals surface area contributed by atoms with E-state index in [9.17, 15) is 13.2 Å². The molecule has 0 bridgehead atoms. The third kappa shape index (κ3) is 3.91. The fraction of sp³-hybridized carbons (Fsp3) is 0.267. The van der Waals surface area contributed by atoms with E-state index < -0.39 is 15.9 Å². The molecule has 0 saturated carbocycles. The summed E-state index contributed by atoms with van der Waals surface area (Å²) < 4.78 is 35.6. The maximum absolute atomic E-state index is 12.3. The summed E-state index contributed by atoms with van der Waals surface area (Å²) in [5.41, 5.74) is 0.913. The van der Waals surface area contributed by atoms with Gasteiger partial charge in [0, 0.05) is 13.6 Å². The number of nitrogens with zero attached hydrogens (tertiary/aromatic N) is 1. The van der Waals surface area contributed by atoms with Crippen LogP contribution in [0.25, 0.3) is 0 Å². The van der Waals surface area contributed by atoms with Gasteiger partial charge < -0.3 is 14.1 Å². The van der Waals surface area contributed by atoms with Gasteiger partial charge in [0.1, 0.15) is 5.75 Å². The number of furan rings is 1. The Hall–Kier alpha value is -2.32. The lowest BCUT2D eigenvalue weighted by molar-refractivity contribution is 0.0747. The third-order valence-electron chi connectivity index (χ3n) is 3.25. The summed E-state index contributed by atoms with van der Waals surface area (Å²) in [5.74, 6) is 0.295. The summed E-state index contributed by atoms with van der Waals surface area (Å²) in [5, 5.41) is -0.291. The standard InChI is InChI=1S/C15H18N2O5S/c1-16-23(19,20)14-9-8-13(22-14)15(18)17(2)10-11-4-6-12(21-3)7-5-11/h4-9,16H,10H2,1-3H3. The maximum atomic E-state index is 12.3. The van der Waals surface area contributed by atoms with Crippen LogP contribution in [0, 0.1) is 0 Å². The minimum absolute atomic E-state index is 0.0326. The Morgan fingerprint density at radius 3 is 2.43 bits per heavy atom. The molecule has 0 aliphatic heterocycles. The molecule has 0 spiro atoms. The van der Waals surface area contributed by atoms with Gasteiger partial charge in [0.15, 0.2) is 5.76 Å². The van der Waals surface area contributed by atoms with Gasteiger partial charge in [0.25, 0.3) is 15.9 Å². The predicted molar refractivity (Wildman–Crippen MR) is 83.7 cm³/mol. The molecule has 0 radical (unpaired) electrons. The number of amides is 1. The summed E-state index contributed by atoms with van der Waals surface area (Å²) >= 11 is 0. The number of hydrogen-bond acceptors (Lipinski definition) is 5. The first-order valence-corrected chi connectivity index (χ1v) is 8.27. The van der Waals surface area contributed by atoms with Gasteiger partial charge in [-0.2, -0.15) is 0 Å². The lowest BCUT2D eigenvalue weighted by Gasteiger charge is -2.16. The molecule has 23 heavy (non-hydrogen) atoms. The number of benzene rings is 1. The van der Waals surface area contributed by atoms with E-state index in [2.05, 4.69) is 4.72 Å². The third-order valence-corrected chi connectivity index (χ3v) is 4.54. The van der Waals surface area contributed by atoms with Crippen LogP contribution in [0.15, 0.2) is 45.9 Å². The smallest absolute Gasteiger partial charge is 0.289 e. The van der Waals surface area contributed by atoms with Crippen LogP contribution in [-0.4, -0.2) is 40.4 Å². The quantitative estimate of drug-likeness (QED) is 0.861. The van der Waals surface area contributed by atoms with E-state index in [0.717, 1.165) is 11.3 Å². The van der Waals surface area contributed by atoms with Crippen molar-refractivity contribution in [2.24, 2.45) is 0 Å². The van der Waals surface area contributed by atoms with Crippen molar-refractivity contribution in [3.05, 3.63) is 47.7 Å². The van der Waals surface area contributed by atoms with Gasteiger partial charge in [-0.1, -0.05) is 12.1 Å². The molecule has 0 saturated heterocycles. The van der Waals surface area contributed by atoms with Crippen molar-refractivity contribution in [2.75, 3.05) is 21.2 Å². The van der Waals surface area contributed by atoms with Gasteiger partial charge >= 0.3 is 0 Å². The van der Waals surface area contributed by atoms with Gasteiger partial charge in [-0.05, 0) is 36.9 Å². The number of ether oxygens (including phenoxy) is 1. The Morgan fingerprint density at radius 2 is 1.87 bits per heavy atom. The SMILES string of the molecule is CNS(=O)(=O)c1ccc(C(=O)N(C)Cc2ccc(OC)cc2)o1. The first-order chi connectivity index (χ1) is 10.9. The molecule has 2 rings (SSSR count). The molecule has 0 aliphatic carbocycles. The molecular formula is C15H18N2O5S. The summed E-state index contributed by atoms with van der Waals surface area (Å²) in [7, 11) is 0.763. The highest BCUT2D eigenvalue weighted by Gasteiger charge is 2.21. The molecule has 2 aromatic rings. The average molecular weight is 338 g/mol. The van der Waals surface area contributed by atoms with Crippen molar-refractivity contribution in [3.8, 4) is 5.75 Å². The summed E-state index contributed by atoms with van der Waals surface area (Å²) in [6, 6.07) is 9.90. The molecule has 0 aliphatic rings. The van der Waals surface area contributed by atoms with Crippen LogP contribution in [0.1, 0.15) is 16.1 Å². The lowest BCUT2D eigenvalue weighted by atomic mass is 10.2. The normalized spacial score (nSPS) is 11.3. The first kappa shape index (κ1) is 17.0. The van der Waals surface area contributed by atoms with Crippen LogP contribution in [0.3, 0.4) is 0 Å². The highest BCUT2D eigenvalue weighted by molar-refractivity contribution is 7.89. The van der Waals surface area contributed by atoms with Gasteiger partial charge in [0.05, 0.1) is 7.11 Å². The van der Waals surface area contributed by atoms with Gasteiger partial charge in [-0.3, -0.25) is 4.79 Å². The minimum atomic E-state index is -3.70. The zero-order valence-electron chi connectivity index (χ0n) is 13.1. The van der Waals surface area contributed by atoms with Crippen LogP contribution in [-0.2, 0) is 16.6 Å². The van der Waals surface area contributed by atoms with E-state index in [1.807, 2.05) is 12.1 Å². The van der Waals surface area contributed by atoms with Crippen LogP contribution >= 0.6 is 0 Å². The van der Waals surface area contributed by atoms with E-state index in [1.54, 1.807) is 26.3 Å². The number of carbonyl (C=O) groups excluding carboxylic acids is 1. The van der Waals surface area contributed by atoms with Crippen LogP contribution in [0.5, 0.6) is 5.75 Å². The number of carbonyl (C=O) groups is 1. The highest BCUT2D eigenvalue weighted by Crippen LogP contribution is 2.17. The monoisotopic (exact) mass is 338 g/mol. The van der Waals surface area contributed by atoms with Crippen molar-refractivity contribution in [2.45, 2.75) is 11.6 Å². The lowest BCUT2D eigenvalue weighted by Crippen LogP contribution is -2.25. The fourth-order valence-electron chi connectivity index (χ4n) is 1.94. The number of nitrogens with one attached hydrogen (secondary N) is 1. The average Bonchev–Trinajstić information content (AvgIpc) is 3.05. The summed E-state index contributed by atoms with van der Waals surface area (Å²) in [4.78, 5) is 13.7. The molecular weight excluding hydrogens is 320 g/mol. The zero-order chi connectivity index (χ0) is 17.0. The topological polar surface area (TPSA) is 88.9 Å². The van der Waals surface area contributed by atoms with Gasteiger partial charge in [-0.25, -0.2) is 13.1 Å². The second kappa shape index (κ2) is 6.84. The van der Waals surface area contributed by atoms with E-state index >= 15 is 0 Å². The second-order valence-corrected chi connectivity index (χ2v) is 6.65. The fourth-order valence-corrected chi connectivity index (χ4v) is 2.59. The second-order valence-electron chi connectivity index (χ2n) is 4.84. The molecule has 1 N–H and O–H groups in total. The molecule has 1 aromatic heterocycles. The first-order valence-electron chi connectivity index (χ1n) is 6.79. The van der Waals surface area contributed by atoms with Gasteiger partial charge in [-0.15, -0.1) is 0 Å². The molecule has 0 atom stereocenters. The van der Waals surface area contributed by atoms with Crippen molar-refractivity contribution >= 4 is 15.9 Å². The highest BCUT2D eigenvalue weighted by atomic mass is 32.2. The van der Waals surface area contributed by atoms with E-state index in [4.69, 9.17) is 9.15 Å². The number of methoxy groups -OCH3 is 1. The predicted octanol–water partition coefficient (Wildman–Crippen LogP) is 1.47. The summed E-state index contributed by atoms with van der Waals surface area (Å²) in [6.45, 7) is 0.359. The van der Waals surface area contributed by atoms with E-state index in [0.29, 0.717) is 6.54 Å². The zero-order valence-corrected chi connectivity index (χ0v) is 13.9. The van der Waals surface area contributed by atoms with E-state index in [1.165, 1.54) is 24.1 Å². The molecule has 7 nitrogen and oxygen atoms in total. The number of hydrogen-bond donors (Lipinski definition) is 1. The Labute approximate surface area is 134 Å². The Bertz CT molecular complexity index is 780. The summed E-state index contributed by atoms with van der Waals surface area (Å²) in [6.07, 6.45) is 0. The Balaban J connectivity index is 2.10. The minimum Gasteiger partial charge on any atom is -0.497 e. The van der Waals surface area contributed by atoms with Crippen molar-refractivity contribution in [1.29, 1.82) is 0 Å². The largest absolute Gasteiger partial charge is 0.497 e. The van der Waals surface area contributed by atoms with Crippen molar-refractivity contribution in [1.82, 2.24) is 9.62 Å². The molecule has 0 unspecified atom stereocenters. The Kier molecular flexibility index (Phi) is 5.07. The van der Waals surface area contributed by atoms with Gasteiger partial charge in [0.2, 0.25) is 5.09 Å². The molecule has 1 amide bonds. The number of sulfonamides is 1. The van der Waals surface area contributed by atoms with Crippen LogP contribution < -0.4 is 9.46 Å². The maximum Gasteiger partial charge on any atom is 0.289 e. The van der Waals surface area contributed by atoms with Crippen LogP contribution in [0.2, 0.25) is 0 Å². The van der Waals surface area contributed by atoms with Crippen molar-refractivity contribution < 1.29 is 22.4 Å². The molecule has 8 heteroatoms. The molecule has 0 fully saturated rings. The molecule has 1 heterocycles. The van der Waals surface area contributed by atoms with E-state index in [-0.39, 0.29) is 10.9 Å². The molecule has 124 valence electrons.